The number of carbonyl (C=O) groups excluding carboxylic acids is 2. The first-order valence-electron chi connectivity index (χ1n) is 8.01. The number of nitrogens with zero attached hydrogens (tertiary/aromatic N) is 1. The fourth-order valence-electron chi connectivity index (χ4n) is 2.36. The summed E-state index contributed by atoms with van der Waals surface area (Å²) in [6.45, 7) is 0.967. The van der Waals surface area contributed by atoms with E-state index in [1.807, 2.05) is 60.7 Å². The first-order chi connectivity index (χ1) is 11.7. The van der Waals surface area contributed by atoms with Gasteiger partial charge in [0.05, 0.1) is 13.1 Å². The number of nitrogens with one attached hydrogen (secondary N) is 1. The van der Waals surface area contributed by atoms with Crippen LogP contribution in [-0.2, 0) is 22.6 Å². The Kier molecular flexibility index (Phi) is 6.98. The van der Waals surface area contributed by atoms with E-state index in [4.69, 9.17) is 5.73 Å². The van der Waals surface area contributed by atoms with Crippen LogP contribution in [0.2, 0.25) is 0 Å². The highest BCUT2D eigenvalue weighted by atomic mass is 16.2. The quantitative estimate of drug-likeness (QED) is 0.769. The van der Waals surface area contributed by atoms with Crippen molar-refractivity contribution in [2.75, 3.05) is 19.6 Å². The number of amides is 2. The van der Waals surface area contributed by atoms with E-state index in [1.54, 1.807) is 4.90 Å². The second-order valence-electron chi connectivity index (χ2n) is 5.52. The molecule has 0 aliphatic heterocycles. The molecule has 0 aliphatic rings. The average molecular weight is 325 g/mol. The van der Waals surface area contributed by atoms with Gasteiger partial charge in [0.15, 0.2) is 0 Å². The molecule has 5 nitrogen and oxygen atoms in total. The van der Waals surface area contributed by atoms with Gasteiger partial charge in [0.2, 0.25) is 11.8 Å². The first kappa shape index (κ1) is 17.7. The fraction of sp³-hybridized carbons (Fsp3) is 0.263. The third kappa shape index (κ3) is 5.85. The zero-order valence-corrected chi connectivity index (χ0v) is 13.7. The van der Waals surface area contributed by atoms with Crippen LogP contribution in [0.3, 0.4) is 0 Å². The molecule has 0 spiro atoms. The third-order valence-electron chi connectivity index (χ3n) is 3.70. The fourth-order valence-corrected chi connectivity index (χ4v) is 2.36. The molecule has 0 bridgehead atoms. The molecular formula is C19H23N3O2. The van der Waals surface area contributed by atoms with Gasteiger partial charge in [-0.05, 0) is 17.5 Å². The van der Waals surface area contributed by atoms with Crippen LogP contribution in [0.25, 0.3) is 0 Å². The van der Waals surface area contributed by atoms with Crippen LogP contribution >= 0.6 is 0 Å². The summed E-state index contributed by atoms with van der Waals surface area (Å²) < 4.78 is 0. The number of hydrogen-bond donors (Lipinski definition) is 2. The lowest BCUT2D eigenvalue weighted by Crippen LogP contribution is -2.42. The van der Waals surface area contributed by atoms with Gasteiger partial charge in [-0.15, -0.1) is 0 Å². The first-order valence-corrected chi connectivity index (χ1v) is 8.01. The van der Waals surface area contributed by atoms with Crippen molar-refractivity contribution < 1.29 is 9.59 Å². The van der Waals surface area contributed by atoms with Gasteiger partial charge in [0.1, 0.15) is 0 Å². The van der Waals surface area contributed by atoms with E-state index in [0.29, 0.717) is 13.1 Å². The number of rotatable bonds is 8. The lowest BCUT2D eigenvalue weighted by atomic mass is 10.1. The van der Waals surface area contributed by atoms with Crippen molar-refractivity contribution >= 4 is 11.8 Å². The van der Waals surface area contributed by atoms with Gasteiger partial charge in [-0.2, -0.15) is 0 Å². The molecule has 2 rings (SSSR count). The second-order valence-corrected chi connectivity index (χ2v) is 5.52. The summed E-state index contributed by atoms with van der Waals surface area (Å²) in [5.41, 5.74) is 7.49. The maximum atomic E-state index is 12.5. The zero-order chi connectivity index (χ0) is 17.2. The molecule has 0 aromatic heterocycles. The monoisotopic (exact) mass is 325 g/mol. The highest BCUT2D eigenvalue weighted by Crippen LogP contribution is 2.07. The maximum absolute atomic E-state index is 12.5. The number of carbonyl (C=O) groups is 2. The van der Waals surface area contributed by atoms with Crippen molar-refractivity contribution in [1.82, 2.24) is 10.2 Å². The third-order valence-corrected chi connectivity index (χ3v) is 3.70. The van der Waals surface area contributed by atoms with Gasteiger partial charge in [-0.25, -0.2) is 0 Å². The summed E-state index contributed by atoms with van der Waals surface area (Å²) in [5.74, 6) is -0.442. The Balaban J connectivity index is 1.99. The Morgan fingerprint density at radius 3 is 2.08 bits per heavy atom. The zero-order valence-electron chi connectivity index (χ0n) is 13.7. The number of hydrogen-bond acceptors (Lipinski definition) is 3. The van der Waals surface area contributed by atoms with Gasteiger partial charge in [-0.3, -0.25) is 9.59 Å². The predicted molar refractivity (Wildman–Crippen MR) is 94.1 cm³/mol. The van der Waals surface area contributed by atoms with E-state index in [0.717, 1.165) is 12.0 Å². The molecule has 0 fully saturated rings. The summed E-state index contributed by atoms with van der Waals surface area (Å²) in [6.07, 6.45) is 0.768. The largest absolute Gasteiger partial charge is 0.346 e. The van der Waals surface area contributed by atoms with Crippen molar-refractivity contribution in [3.8, 4) is 0 Å². The summed E-state index contributed by atoms with van der Waals surface area (Å²) in [4.78, 5) is 25.5. The molecule has 0 heterocycles. The van der Waals surface area contributed by atoms with Crippen LogP contribution in [0, 0.1) is 0 Å². The van der Waals surface area contributed by atoms with Crippen molar-refractivity contribution in [1.29, 1.82) is 0 Å². The molecule has 24 heavy (non-hydrogen) atoms. The molecule has 5 heteroatoms. The minimum absolute atomic E-state index is 0.0301. The Morgan fingerprint density at radius 1 is 0.917 bits per heavy atom. The van der Waals surface area contributed by atoms with Crippen LogP contribution < -0.4 is 11.1 Å². The van der Waals surface area contributed by atoms with E-state index in [9.17, 15) is 9.59 Å². The van der Waals surface area contributed by atoms with E-state index < -0.39 is 0 Å². The Labute approximate surface area is 142 Å². The SMILES string of the molecule is NCC(=O)NCC(=O)N(CCc1ccccc1)Cc1ccccc1. The van der Waals surface area contributed by atoms with Crippen molar-refractivity contribution in [3.05, 3.63) is 71.8 Å². The molecule has 2 aromatic rings. The smallest absolute Gasteiger partial charge is 0.242 e. The summed E-state index contributed by atoms with van der Waals surface area (Å²) >= 11 is 0. The summed E-state index contributed by atoms with van der Waals surface area (Å²) in [6, 6.07) is 19.8. The highest BCUT2D eigenvalue weighted by molar-refractivity contribution is 5.85. The van der Waals surface area contributed by atoms with Crippen LogP contribution in [0.1, 0.15) is 11.1 Å². The Hall–Kier alpha value is -2.66. The van der Waals surface area contributed by atoms with Crippen LogP contribution in [0.4, 0.5) is 0 Å². The van der Waals surface area contributed by atoms with Crippen molar-refractivity contribution in [3.63, 3.8) is 0 Å². The van der Waals surface area contributed by atoms with Crippen molar-refractivity contribution in [2.24, 2.45) is 5.73 Å². The van der Waals surface area contributed by atoms with Gasteiger partial charge < -0.3 is 16.0 Å². The number of nitrogens with two attached hydrogens (primary N) is 1. The molecule has 3 N–H and O–H groups in total. The maximum Gasteiger partial charge on any atom is 0.242 e. The van der Waals surface area contributed by atoms with Gasteiger partial charge >= 0.3 is 0 Å². The topological polar surface area (TPSA) is 75.4 Å². The van der Waals surface area contributed by atoms with E-state index >= 15 is 0 Å². The van der Waals surface area contributed by atoms with E-state index in [-0.39, 0.29) is 24.9 Å². The van der Waals surface area contributed by atoms with Crippen LogP contribution in [-0.4, -0.2) is 36.3 Å². The molecule has 126 valence electrons. The molecular weight excluding hydrogens is 302 g/mol. The standard InChI is InChI=1S/C19H23N3O2/c20-13-18(23)21-14-19(24)22(15-17-9-5-2-6-10-17)12-11-16-7-3-1-4-8-16/h1-10H,11-15,20H2,(H,21,23). The van der Waals surface area contributed by atoms with Gasteiger partial charge in [0, 0.05) is 13.1 Å². The Morgan fingerprint density at radius 2 is 1.50 bits per heavy atom. The van der Waals surface area contributed by atoms with Gasteiger partial charge in [0.25, 0.3) is 0 Å². The number of benzene rings is 2. The molecule has 0 radical (unpaired) electrons. The van der Waals surface area contributed by atoms with Gasteiger partial charge in [-0.1, -0.05) is 60.7 Å². The minimum atomic E-state index is -0.328. The lowest BCUT2D eigenvalue weighted by molar-refractivity contribution is -0.133. The summed E-state index contributed by atoms with van der Waals surface area (Å²) in [7, 11) is 0. The average Bonchev–Trinajstić information content (AvgIpc) is 2.64. The predicted octanol–water partition coefficient (Wildman–Crippen LogP) is 1.33. The normalized spacial score (nSPS) is 10.2. The molecule has 2 aromatic carbocycles. The van der Waals surface area contributed by atoms with Crippen molar-refractivity contribution in [2.45, 2.75) is 13.0 Å². The van der Waals surface area contributed by atoms with E-state index in [1.165, 1.54) is 5.56 Å². The Bertz CT molecular complexity index is 644. The minimum Gasteiger partial charge on any atom is -0.346 e. The molecule has 0 atom stereocenters. The molecule has 0 saturated heterocycles. The lowest BCUT2D eigenvalue weighted by Gasteiger charge is -2.23. The van der Waals surface area contributed by atoms with E-state index in [2.05, 4.69) is 5.32 Å². The highest BCUT2D eigenvalue weighted by Gasteiger charge is 2.14. The molecule has 0 unspecified atom stereocenters. The summed E-state index contributed by atoms with van der Waals surface area (Å²) in [5, 5.41) is 2.54. The van der Waals surface area contributed by atoms with Crippen LogP contribution in [0.15, 0.2) is 60.7 Å². The molecule has 2 amide bonds. The molecule has 0 aliphatic carbocycles. The second kappa shape index (κ2) is 9.47. The molecule has 0 saturated carbocycles. The van der Waals surface area contributed by atoms with Crippen LogP contribution in [0.5, 0.6) is 0 Å².